The second-order valence-corrected chi connectivity index (χ2v) is 6.02. The van der Waals surface area contributed by atoms with E-state index in [-0.39, 0.29) is 0 Å². The van der Waals surface area contributed by atoms with E-state index in [2.05, 4.69) is 70.7 Å². The Hall–Kier alpha value is -3.07. The van der Waals surface area contributed by atoms with E-state index < -0.39 is 0 Å². The van der Waals surface area contributed by atoms with Gasteiger partial charge in [-0.2, -0.15) is 0 Å². The Balaban J connectivity index is 1.48. The largest absolute Gasteiger partial charge is 0.381 e. The number of aromatic amines is 1. The number of nitrogens with zero attached hydrogens (tertiary/aromatic N) is 1. The number of aromatic nitrogens is 2. The third kappa shape index (κ3) is 3.01. The topological polar surface area (TPSA) is 40.7 Å². The van der Waals surface area contributed by atoms with Crippen LogP contribution in [0.1, 0.15) is 11.1 Å². The van der Waals surface area contributed by atoms with Crippen molar-refractivity contribution in [1.82, 2.24) is 9.97 Å². The number of hydrogen-bond acceptors (Lipinski definition) is 2. The van der Waals surface area contributed by atoms with Crippen molar-refractivity contribution in [3.8, 4) is 11.4 Å². The lowest BCUT2D eigenvalue weighted by molar-refractivity contribution is 1.14. The maximum absolute atomic E-state index is 4.64. The summed E-state index contributed by atoms with van der Waals surface area (Å²) in [5, 5.41) is 3.46. The number of hydrogen-bond donors (Lipinski definition) is 2. The minimum Gasteiger partial charge on any atom is -0.381 e. The van der Waals surface area contributed by atoms with Gasteiger partial charge in [-0.15, -0.1) is 0 Å². The molecular weight excluding hydrogens is 294 g/mol. The zero-order valence-electron chi connectivity index (χ0n) is 13.6. The highest BCUT2D eigenvalue weighted by Crippen LogP contribution is 2.22. The van der Waals surface area contributed by atoms with E-state index in [0.717, 1.165) is 34.7 Å². The molecule has 0 aliphatic heterocycles. The molecule has 24 heavy (non-hydrogen) atoms. The van der Waals surface area contributed by atoms with Gasteiger partial charge in [0.1, 0.15) is 5.82 Å². The molecular formula is C21H19N3. The third-order valence-corrected chi connectivity index (χ3v) is 4.16. The normalized spacial score (nSPS) is 10.9. The van der Waals surface area contributed by atoms with E-state index in [4.69, 9.17) is 0 Å². The zero-order valence-corrected chi connectivity index (χ0v) is 13.6. The maximum Gasteiger partial charge on any atom is 0.138 e. The van der Waals surface area contributed by atoms with Gasteiger partial charge in [-0.25, -0.2) is 4.98 Å². The number of H-pyrrole nitrogens is 1. The summed E-state index contributed by atoms with van der Waals surface area (Å²) < 4.78 is 0. The van der Waals surface area contributed by atoms with Crippen LogP contribution in [-0.2, 0) is 6.54 Å². The lowest BCUT2D eigenvalue weighted by atomic mass is 10.1. The molecule has 0 aliphatic rings. The van der Waals surface area contributed by atoms with Gasteiger partial charge in [0, 0.05) is 17.8 Å². The van der Waals surface area contributed by atoms with Crippen molar-refractivity contribution in [2.24, 2.45) is 0 Å². The van der Waals surface area contributed by atoms with E-state index in [1.807, 2.05) is 24.3 Å². The van der Waals surface area contributed by atoms with Crippen LogP contribution < -0.4 is 5.32 Å². The molecule has 0 unspecified atom stereocenters. The molecule has 0 bridgehead atoms. The van der Waals surface area contributed by atoms with Gasteiger partial charge >= 0.3 is 0 Å². The number of anilines is 1. The van der Waals surface area contributed by atoms with Crippen molar-refractivity contribution < 1.29 is 0 Å². The molecule has 0 aliphatic carbocycles. The van der Waals surface area contributed by atoms with Crippen LogP contribution in [0.2, 0.25) is 0 Å². The predicted molar refractivity (Wildman–Crippen MR) is 100 cm³/mol. The predicted octanol–water partition coefficient (Wildman–Crippen LogP) is 5.15. The quantitative estimate of drug-likeness (QED) is 0.547. The van der Waals surface area contributed by atoms with E-state index in [1.54, 1.807) is 0 Å². The average Bonchev–Trinajstić information content (AvgIpc) is 3.06. The first-order valence-corrected chi connectivity index (χ1v) is 8.12. The van der Waals surface area contributed by atoms with Crippen molar-refractivity contribution in [2.75, 3.05) is 5.32 Å². The van der Waals surface area contributed by atoms with E-state index >= 15 is 0 Å². The molecule has 0 saturated heterocycles. The number of nitrogens with one attached hydrogen (secondary N) is 2. The standard InChI is InChI=1S/C21H19N3/c1-15-6-8-16(9-7-15)14-22-18-12-10-17(11-13-18)21-23-19-4-2-3-5-20(19)24-21/h2-13,22H,14H2,1H3,(H,23,24). The fraction of sp³-hybridized carbons (Fsp3) is 0.0952. The molecule has 0 atom stereocenters. The van der Waals surface area contributed by atoms with Gasteiger partial charge in [0.05, 0.1) is 11.0 Å². The van der Waals surface area contributed by atoms with Crippen molar-refractivity contribution in [2.45, 2.75) is 13.5 Å². The summed E-state index contributed by atoms with van der Waals surface area (Å²) in [6.45, 7) is 2.93. The highest BCUT2D eigenvalue weighted by molar-refractivity contribution is 5.79. The lowest BCUT2D eigenvalue weighted by Crippen LogP contribution is -1.99. The SMILES string of the molecule is Cc1ccc(CNc2ccc(-c3nc4ccccc4[nH]3)cc2)cc1. The van der Waals surface area contributed by atoms with Crippen molar-refractivity contribution in [3.05, 3.63) is 83.9 Å². The Bertz CT molecular complexity index is 917. The summed E-state index contributed by atoms with van der Waals surface area (Å²) in [5.74, 6) is 0.904. The number of benzene rings is 3. The lowest BCUT2D eigenvalue weighted by Gasteiger charge is -2.07. The molecule has 3 heteroatoms. The Kier molecular flexibility index (Phi) is 3.75. The fourth-order valence-corrected chi connectivity index (χ4v) is 2.75. The van der Waals surface area contributed by atoms with Crippen molar-refractivity contribution >= 4 is 16.7 Å². The van der Waals surface area contributed by atoms with Crippen LogP contribution in [0.4, 0.5) is 5.69 Å². The molecule has 0 amide bonds. The van der Waals surface area contributed by atoms with Crippen LogP contribution in [0.25, 0.3) is 22.4 Å². The molecule has 0 fully saturated rings. The van der Waals surface area contributed by atoms with Crippen LogP contribution in [0.3, 0.4) is 0 Å². The number of aryl methyl sites for hydroxylation is 1. The maximum atomic E-state index is 4.64. The minimum absolute atomic E-state index is 0.824. The molecule has 3 nitrogen and oxygen atoms in total. The highest BCUT2D eigenvalue weighted by Gasteiger charge is 2.04. The minimum atomic E-state index is 0.824. The van der Waals surface area contributed by atoms with Crippen LogP contribution in [-0.4, -0.2) is 9.97 Å². The molecule has 3 aromatic carbocycles. The van der Waals surface area contributed by atoms with E-state index in [9.17, 15) is 0 Å². The Morgan fingerprint density at radius 2 is 1.62 bits per heavy atom. The molecule has 4 rings (SSSR count). The van der Waals surface area contributed by atoms with Gasteiger partial charge in [-0.1, -0.05) is 42.0 Å². The van der Waals surface area contributed by atoms with Gasteiger partial charge in [0.25, 0.3) is 0 Å². The van der Waals surface area contributed by atoms with E-state index in [1.165, 1.54) is 11.1 Å². The van der Waals surface area contributed by atoms with Crippen LogP contribution >= 0.6 is 0 Å². The number of fused-ring (bicyclic) bond motifs is 1. The third-order valence-electron chi connectivity index (χ3n) is 4.16. The first-order valence-electron chi connectivity index (χ1n) is 8.12. The molecule has 1 heterocycles. The smallest absolute Gasteiger partial charge is 0.138 e. The molecule has 0 saturated carbocycles. The molecule has 1 aromatic heterocycles. The molecule has 0 radical (unpaired) electrons. The van der Waals surface area contributed by atoms with Crippen molar-refractivity contribution in [3.63, 3.8) is 0 Å². The summed E-state index contributed by atoms with van der Waals surface area (Å²) in [5.41, 5.74) is 6.82. The Morgan fingerprint density at radius 3 is 2.38 bits per heavy atom. The van der Waals surface area contributed by atoms with E-state index in [0.29, 0.717) is 0 Å². The molecule has 2 N–H and O–H groups in total. The van der Waals surface area contributed by atoms with Crippen LogP contribution in [0.5, 0.6) is 0 Å². The second kappa shape index (κ2) is 6.20. The first kappa shape index (κ1) is 14.5. The Morgan fingerprint density at radius 1 is 0.875 bits per heavy atom. The van der Waals surface area contributed by atoms with Gasteiger partial charge < -0.3 is 10.3 Å². The summed E-state index contributed by atoms with van der Waals surface area (Å²) in [4.78, 5) is 8.00. The average molecular weight is 313 g/mol. The molecule has 0 spiro atoms. The van der Waals surface area contributed by atoms with Gasteiger partial charge in [0.2, 0.25) is 0 Å². The summed E-state index contributed by atoms with van der Waals surface area (Å²) in [6.07, 6.45) is 0. The molecule has 4 aromatic rings. The highest BCUT2D eigenvalue weighted by atomic mass is 14.9. The van der Waals surface area contributed by atoms with Crippen LogP contribution in [0, 0.1) is 6.92 Å². The molecule has 118 valence electrons. The van der Waals surface area contributed by atoms with Crippen LogP contribution in [0.15, 0.2) is 72.8 Å². The summed E-state index contributed by atoms with van der Waals surface area (Å²) in [6, 6.07) is 25.1. The zero-order chi connectivity index (χ0) is 16.4. The first-order chi connectivity index (χ1) is 11.8. The number of rotatable bonds is 4. The second-order valence-electron chi connectivity index (χ2n) is 6.02. The summed E-state index contributed by atoms with van der Waals surface area (Å²) in [7, 11) is 0. The number of imidazole rings is 1. The van der Waals surface area contributed by atoms with Gasteiger partial charge in [0.15, 0.2) is 0 Å². The van der Waals surface area contributed by atoms with Gasteiger partial charge in [-0.3, -0.25) is 0 Å². The monoisotopic (exact) mass is 313 g/mol. The number of para-hydroxylation sites is 2. The summed E-state index contributed by atoms with van der Waals surface area (Å²) >= 11 is 0. The van der Waals surface area contributed by atoms with Crippen molar-refractivity contribution in [1.29, 1.82) is 0 Å². The fourth-order valence-electron chi connectivity index (χ4n) is 2.75. The van der Waals surface area contributed by atoms with Gasteiger partial charge in [-0.05, 0) is 48.9 Å². The Labute approximate surface area is 141 Å².